The van der Waals surface area contributed by atoms with Gasteiger partial charge in [0.2, 0.25) is 0 Å². The van der Waals surface area contributed by atoms with Gasteiger partial charge in [-0.1, -0.05) is 102 Å². The molecule has 2 aromatic carbocycles. The Labute approximate surface area is 218 Å². The molecular formula is C30H40F3N3O. The number of halogens is 3. The normalized spacial score (nSPS) is 13.2. The minimum atomic E-state index is -4.36. The van der Waals surface area contributed by atoms with E-state index in [1.165, 1.54) is 63.5 Å². The third-order valence-corrected chi connectivity index (χ3v) is 7.22. The average molecular weight is 516 g/mol. The molecule has 0 saturated heterocycles. The second kappa shape index (κ2) is 13.2. The molecule has 0 spiro atoms. The van der Waals surface area contributed by atoms with Gasteiger partial charge in [-0.3, -0.25) is 0 Å². The van der Waals surface area contributed by atoms with Crippen LogP contribution in [0, 0.1) is 0 Å². The van der Waals surface area contributed by atoms with Crippen LogP contribution in [0.5, 0.6) is 0 Å². The Morgan fingerprint density at radius 2 is 1.32 bits per heavy atom. The van der Waals surface area contributed by atoms with E-state index in [2.05, 4.69) is 17.1 Å². The van der Waals surface area contributed by atoms with E-state index in [0.717, 1.165) is 47.5 Å². The van der Waals surface area contributed by atoms with Gasteiger partial charge in [0.1, 0.15) is 0 Å². The van der Waals surface area contributed by atoms with Crippen LogP contribution in [0.2, 0.25) is 0 Å². The van der Waals surface area contributed by atoms with Crippen molar-refractivity contribution < 1.29 is 17.7 Å². The zero-order valence-corrected chi connectivity index (χ0v) is 22.3. The van der Waals surface area contributed by atoms with Crippen molar-refractivity contribution >= 4 is 0 Å². The first-order valence-electron chi connectivity index (χ1n) is 13.5. The quantitative estimate of drug-likeness (QED) is 0.218. The molecule has 4 nitrogen and oxygen atoms in total. The molecule has 0 radical (unpaired) electrons. The summed E-state index contributed by atoms with van der Waals surface area (Å²) in [7, 11) is 0. The Morgan fingerprint density at radius 1 is 0.784 bits per heavy atom. The smallest absolute Gasteiger partial charge is 0.334 e. The van der Waals surface area contributed by atoms with Gasteiger partial charge in [0, 0.05) is 23.4 Å². The molecule has 0 aliphatic carbocycles. The van der Waals surface area contributed by atoms with Gasteiger partial charge in [-0.2, -0.15) is 18.2 Å². The molecule has 0 amide bonds. The van der Waals surface area contributed by atoms with Crippen LogP contribution in [0.3, 0.4) is 0 Å². The number of aryl methyl sites for hydroxylation is 1. The lowest BCUT2D eigenvalue weighted by atomic mass is 9.75. The highest BCUT2D eigenvalue weighted by Crippen LogP contribution is 2.37. The van der Waals surface area contributed by atoms with E-state index >= 15 is 0 Å². The number of rotatable bonds is 14. The lowest BCUT2D eigenvalue weighted by molar-refractivity contribution is -0.137. The number of nitrogens with two attached hydrogens (primary N) is 1. The third kappa shape index (κ3) is 8.16. The van der Waals surface area contributed by atoms with Crippen LogP contribution >= 0.6 is 0 Å². The largest absolute Gasteiger partial charge is 0.416 e. The first-order valence-corrected chi connectivity index (χ1v) is 13.5. The Kier molecular flexibility index (Phi) is 10.3. The zero-order valence-electron chi connectivity index (χ0n) is 22.3. The monoisotopic (exact) mass is 515 g/mol. The highest BCUT2D eigenvalue weighted by Gasteiger charge is 2.33. The van der Waals surface area contributed by atoms with E-state index in [4.69, 9.17) is 10.3 Å². The van der Waals surface area contributed by atoms with Gasteiger partial charge in [-0.25, -0.2) is 0 Å². The fraction of sp³-hybridized carbons (Fsp3) is 0.533. The Morgan fingerprint density at radius 3 is 1.89 bits per heavy atom. The molecule has 0 saturated carbocycles. The van der Waals surface area contributed by atoms with Gasteiger partial charge in [-0.15, -0.1) is 0 Å². The van der Waals surface area contributed by atoms with Crippen molar-refractivity contribution in [2.75, 3.05) is 0 Å². The van der Waals surface area contributed by atoms with Gasteiger partial charge in [0.05, 0.1) is 5.56 Å². The van der Waals surface area contributed by atoms with Crippen LogP contribution in [-0.4, -0.2) is 10.1 Å². The first kappa shape index (κ1) is 28.9. The SMILES string of the molecule is CCCCCCCCCCCc1noc(-c2ccc(C(N)C(C)(C)c3ccc(C(F)(F)F)cc3)cc2)n1. The summed E-state index contributed by atoms with van der Waals surface area (Å²) in [5.41, 5.74) is 7.77. The molecule has 37 heavy (non-hydrogen) atoms. The van der Waals surface area contributed by atoms with Crippen LogP contribution in [0.4, 0.5) is 13.2 Å². The van der Waals surface area contributed by atoms with E-state index in [9.17, 15) is 13.2 Å². The molecule has 202 valence electrons. The fourth-order valence-corrected chi connectivity index (χ4v) is 4.58. The number of nitrogens with zero attached hydrogens (tertiary/aromatic N) is 2. The second-order valence-corrected chi connectivity index (χ2v) is 10.5. The summed E-state index contributed by atoms with van der Waals surface area (Å²) >= 11 is 0. The van der Waals surface area contributed by atoms with E-state index in [0.29, 0.717) is 5.89 Å². The van der Waals surface area contributed by atoms with Crippen molar-refractivity contribution in [3.8, 4) is 11.5 Å². The van der Waals surface area contributed by atoms with E-state index < -0.39 is 23.2 Å². The van der Waals surface area contributed by atoms with E-state index in [1.807, 2.05) is 38.1 Å². The predicted octanol–water partition coefficient (Wildman–Crippen LogP) is 8.81. The fourth-order valence-electron chi connectivity index (χ4n) is 4.58. The van der Waals surface area contributed by atoms with Crippen LogP contribution < -0.4 is 5.73 Å². The van der Waals surface area contributed by atoms with Gasteiger partial charge >= 0.3 is 6.18 Å². The first-order chi connectivity index (χ1) is 17.6. The van der Waals surface area contributed by atoms with Gasteiger partial charge in [0.15, 0.2) is 5.82 Å². The van der Waals surface area contributed by atoms with Gasteiger partial charge < -0.3 is 10.3 Å². The van der Waals surface area contributed by atoms with Crippen LogP contribution in [-0.2, 0) is 18.0 Å². The van der Waals surface area contributed by atoms with Crippen LogP contribution in [0.1, 0.15) is 107 Å². The van der Waals surface area contributed by atoms with Crippen LogP contribution in [0.25, 0.3) is 11.5 Å². The van der Waals surface area contributed by atoms with Crippen molar-refractivity contribution in [2.45, 2.75) is 103 Å². The molecule has 7 heteroatoms. The molecule has 3 aromatic rings. The maximum Gasteiger partial charge on any atom is 0.416 e. The second-order valence-electron chi connectivity index (χ2n) is 10.5. The predicted molar refractivity (Wildman–Crippen MR) is 142 cm³/mol. The maximum absolute atomic E-state index is 12.9. The van der Waals surface area contributed by atoms with Crippen molar-refractivity contribution in [2.24, 2.45) is 5.73 Å². The lowest BCUT2D eigenvalue weighted by Crippen LogP contribution is -2.33. The van der Waals surface area contributed by atoms with Crippen molar-refractivity contribution in [1.29, 1.82) is 0 Å². The maximum atomic E-state index is 12.9. The van der Waals surface area contributed by atoms with Gasteiger partial charge in [0.25, 0.3) is 5.89 Å². The summed E-state index contributed by atoms with van der Waals surface area (Å²) in [5.74, 6) is 1.20. The highest BCUT2D eigenvalue weighted by atomic mass is 19.4. The Hall–Kier alpha value is -2.67. The minimum absolute atomic E-state index is 0.414. The molecule has 1 heterocycles. The highest BCUT2D eigenvalue weighted by molar-refractivity contribution is 5.53. The summed E-state index contributed by atoms with van der Waals surface area (Å²) in [5, 5.41) is 4.13. The average Bonchev–Trinajstić information content (AvgIpc) is 3.36. The van der Waals surface area contributed by atoms with Crippen LogP contribution in [0.15, 0.2) is 53.1 Å². The minimum Gasteiger partial charge on any atom is -0.334 e. The molecule has 2 N–H and O–H groups in total. The molecule has 0 bridgehead atoms. The molecule has 0 aliphatic heterocycles. The lowest BCUT2D eigenvalue weighted by Gasteiger charge is -2.33. The van der Waals surface area contributed by atoms with Crippen molar-refractivity contribution in [1.82, 2.24) is 10.1 Å². The zero-order chi connectivity index (χ0) is 26.9. The molecular weight excluding hydrogens is 475 g/mol. The Bertz CT molecular complexity index is 1070. The molecule has 0 fully saturated rings. The number of alkyl halides is 3. The summed E-state index contributed by atoms with van der Waals surface area (Å²) in [4.78, 5) is 4.55. The number of hydrogen-bond donors (Lipinski definition) is 1. The number of unbranched alkanes of at least 4 members (excludes halogenated alkanes) is 8. The van der Waals surface area contributed by atoms with E-state index in [1.54, 1.807) is 0 Å². The summed E-state index contributed by atoms with van der Waals surface area (Å²) in [6, 6.07) is 12.4. The standard InChI is InChI=1S/C30H40F3N3O/c1-4-5-6-7-8-9-10-11-12-13-26-35-28(37-36-26)23-16-14-22(15-17-23)27(34)29(2,3)24-18-20-25(21-19-24)30(31,32)33/h14-21,27H,4-13,34H2,1-3H3. The topological polar surface area (TPSA) is 64.9 Å². The molecule has 0 aliphatic rings. The number of aromatic nitrogens is 2. The molecule has 3 rings (SSSR count). The van der Waals surface area contributed by atoms with Crippen molar-refractivity contribution in [3.63, 3.8) is 0 Å². The number of hydrogen-bond acceptors (Lipinski definition) is 4. The molecule has 1 aromatic heterocycles. The number of benzene rings is 2. The summed E-state index contributed by atoms with van der Waals surface area (Å²) < 4.78 is 44.3. The van der Waals surface area contributed by atoms with Gasteiger partial charge in [-0.05, 0) is 41.8 Å². The molecule has 1 atom stereocenters. The van der Waals surface area contributed by atoms with E-state index in [-0.39, 0.29) is 0 Å². The summed E-state index contributed by atoms with van der Waals surface area (Å²) in [6.07, 6.45) is 7.89. The molecule has 1 unspecified atom stereocenters. The third-order valence-electron chi connectivity index (χ3n) is 7.22. The van der Waals surface area contributed by atoms with Crippen molar-refractivity contribution in [3.05, 3.63) is 71.0 Å². The summed E-state index contributed by atoms with van der Waals surface area (Å²) in [6.45, 7) is 6.11. The Balaban J connectivity index is 1.52.